The summed E-state index contributed by atoms with van der Waals surface area (Å²) in [5.74, 6) is 3.58. The molecule has 0 aliphatic carbocycles. The molecule has 2 atom stereocenters. The Kier molecular flexibility index (Phi) is 5.61. The minimum Gasteiger partial charge on any atom is -0.443 e. The van der Waals surface area contributed by atoms with Crippen LogP contribution in [0.1, 0.15) is 30.9 Å². The molecule has 3 aliphatic rings. The van der Waals surface area contributed by atoms with Crippen LogP contribution in [0.2, 0.25) is 0 Å². The van der Waals surface area contributed by atoms with Crippen LogP contribution in [-0.4, -0.2) is 70.6 Å². The smallest absolute Gasteiger partial charge is 0.240 e. The van der Waals surface area contributed by atoms with Crippen LogP contribution < -0.4 is 5.32 Å². The normalized spacial score (nSPS) is 26.3. The summed E-state index contributed by atoms with van der Waals surface area (Å²) < 4.78 is 5.74. The van der Waals surface area contributed by atoms with Crippen molar-refractivity contribution in [2.24, 2.45) is 0 Å². The van der Waals surface area contributed by atoms with Gasteiger partial charge >= 0.3 is 0 Å². The molecular weight excluding hydrogens is 384 g/mol. The molecule has 3 aliphatic heterocycles. The second-order valence-electron chi connectivity index (χ2n) is 8.23. The first kappa shape index (κ1) is 19.2. The zero-order chi connectivity index (χ0) is 19.6. The van der Waals surface area contributed by atoms with Crippen LogP contribution in [0.5, 0.6) is 0 Å². The molecule has 0 bridgehead atoms. The van der Waals surface area contributed by atoms with E-state index in [1.54, 1.807) is 6.39 Å². The molecule has 1 amide bonds. The predicted molar refractivity (Wildman–Crippen MR) is 115 cm³/mol. The summed E-state index contributed by atoms with van der Waals surface area (Å²) in [6, 6.07) is 10.7. The summed E-state index contributed by atoms with van der Waals surface area (Å²) in [5.41, 5.74) is 2.20. The largest absolute Gasteiger partial charge is 0.443 e. The molecule has 0 unspecified atom stereocenters. The number of benzene rings is 1. The Labute approximate surface area is 176 Å². The van der Waals surface area contributed by atoms with Gasteiger partial charge in [-0.25, -0.2) is 4.98 Å². The van der Waals surface area contributed by atoms with Crippen molar-refractivity contribution in [3.63, 3.8) is 0 Å². The molecule has 7 heteroatoms. The number of nitrogens with one attached hydrogen (secondary N) is 1. The number of aromatic nitrogens is 1. The van der Waals surface area contributed by atoms with E-state index in [2.05, 4.69) is 27.3 Å². The Morgan fingerprint density at radius 3 is 2.76 bits per heavy atom. The van der Waals surface area contributed by atoms with Crippen LogP contribution in [-0.2, 0) is 4.79 Å². The topological polar surface area (TPSA) is 61.6 Å². The van der Waals surface area contributed by atoms with Gasteiger partial charge in [0, 0.05) is 36.4 Å². The molecule has 3 saturated heterocycles. The van der Waals surface area contributed by atoms with Crippen LogP contribution in [0.4, 0.5) is 0 Å². The van der Waals surface area contributed by atoms with Crippen LogP contribution >= 0.6 is 11.8 Å². The molecule has 1 N–H and O–H groups in total. The number of likely N-dealkylation sites (tertiary alicyclic amines) is 1. The van der Waals surface area contributed by atoms with Crippen LogP contribution in [0.15, 0.2) is 41.1 Å². The summed E-state index contributed by atoms with van der Waals surface area (Å²) in [7, 11) is 0. The number of rotatable bonds is 4. The van der Waals surface area contributed by atoms with E-state index in [0.717, 1.165) is 74.1 Å². The van der Waals surface area contributed by atoms with E-state index in [1.165, 1.54) is 0 Å². The Morgan fingerprint density at radius 2 is 2.00 bits per heavy atom. The van der Waals surface area contributed by atoms with E-state index in [4.69, 9.17) is 4.42 Å². The Morgan fingerprint density at radius 1 is 1.17 bits per heavy atom. The molecule has 2 aromatic rings. The first-order valence-electron chi connectivity index (χ1n) is 10.6. The van der Waals surface area contributed by atoms with E-state index in [9.17, 15) is 4.79 Å². The standard InChI is InChI=1S/C22H28N4O2S/c27-22(26-10-11-29-15-26)19-12-18(13-23-19)25-8-6-16(7-9-25)20-21(28-14-24-20)17-4-2-1-3-5-17/h1-5,14,16,18-19,23H,6-13,15H2/t18-,19-/m0/s1. The second kappa shape index (κ2) is 8.50. The average Bonchev–Trinajstić information content (AvgIpc) is 3.56. The molecule has 0 spiro atoms. The highest BCUT2D eigenvalue weighted by Gasteiger charge is 2.37. The molecular formula is C22H28N4O2S. The minimum atomic E-state index is -0.00310. The molecule has 29 heavy (non-hydrogen) atoms. The maximum Gasteiger partial charge on any atom is 0.240 e. The number of nitrogens with zero attached hydrogens (tertiary/aromatic N) is 3. The highest BCUT2D eigenvalue weighted by atomic mass is 32.2. The van der Waals surface area contributed by atoms with Crippen molar-refractivity contribution in [1.82, 2.24) is 20.1 Å². The van der Waals surface area contributed by atoms with Crippen molar-refractivity contribution >= 4 is 17.7 Å². The number of carbonyl (C=O) groups excluding carboxylic acids is 1. The summed E-state index contributed by atoms with van der Waals surface area (Å²) in [6.45, 7) is 3.93. The fraction of sp³-hybridized carbons (Fsp3) is 0.545. The molecule has 0 radical (unpaired) electrons. The van der Waals surface area contributed by atoms with Gasteiger partial charge in [-0.05, 0) is 32.4 Å². The lowest BCUT2D eigenvalue weighted by Gasteiger charge is -2.35. The lowest BCUT2D eigenvalue weighted by molar-refractivity contribution is -0.131. The number of hydrogen-bond acceptors (Lipinski definition) is 6. The number of oxazole rings is 1. The van der Waals surface area contributed by atoms with Crippen molar-refractivity contribution in [2.45, 2.75) is 37.3 Å². The van der Waals surface area contributed by atoms with Gasteiger partial charge in [-0.2, -0.15) is 0 Å². The predicted octanol–water partition coefficient (Wildman–Crippen LogP) is 2.78. The summed E-state index contributed by atoms with van der Waals surface area (Å²) >= 11 is 1.85. The van der Waals surface area contributed by atoms with Crippen molar-refractivity contribution in [3.05, 3.63) is 42.4 Å². The van der Waals surface area contributed by atoms with E-state index in [0.29, 0.717) is 17.9 Å². The van der Waals surface area contributed by atoms with Gasteiger partial charge in [-0.3, -0.25) is 9.69 Å². The van der Waals surface area contributed by atoms with E-state index in [1.807, 2.05) is 34.9 Å². The van der Waals surface area contributed by atoms with Gasteiger partial charge in [-0.1, -0.05) is 30.3 Å². The first-order valence-corrected chi connectivity index (χ1v) is 11.8. The van der Waals surface area contributed by atoms with Gasteiger partial charge in [0.15, 0.2) is 12.2 Å². The molecule has 4 heterocycles. The molecule has 3 fully saturated rings. The molecule has 5 rings (SSSR count). The van der Waals surface area contributed by atoms with Crippen molar-refractivity contribution < 1.29 is 9.21 Å². The fourth-order valence-electron chi connectivity index (χ4n) is 4.88. The van der Waals surface area contributed by atoms with Crippen molar-refractivity contribution in [2.75, 3.05) is 37.8 Å². The van der Waals surface area contributed by atoms with Crippen LogP contribution in [0.3, 0.4) is 0 Å². The molecule has 154 valence electrons. The van der Waals surface area contributed by atoms with E-state index >= 15 is 0 Å². The molecule has 0 saturated carbocycles. The second-order valence-corrected chi connectivity index (χ2v) is 9.31. The van der Waals surface area contributed by atoms with Crippen molar-refractivity contribution in [3.8, 4) is 11.3 Å². The van der Waals surface area contributed by atoms with Gasteiger partial charge in [0.25, 0.3) is 0 Å². The minimum absolute atomic E-state index is 0.00310. The van der Waals surface area contributed by atoms with Gasteiger partial charge in [0.2, 0.25) is 5.91 Å². The van der Waals surface area contributed by atoms with Gasteiger partial charge in [-0.15, -0.1) is 11.8 Å². The molecule has 6 nitrogen and oxygen atoms in total. The molecule has 1 aromatic carbocycles. The highest BCUT2D eigenvalue weighted by molar-refractivity contribution is 7.99. The number of thioether (sulfide) groups is 1. The van der Waals surface area contributed by atoms with Crippen LogP contribution in [0, 0.1) is 0 Å². The zero-order valence-corrected chi connectivity index (χ0v) is 17.4. The lowest BCUT2D eigenvalue weighted by atomic mass is 9.90. The summed E-state index contributed by atoms with van der Waals surface area (Å²) in [5, 5.41) is 3.48. The maximum absolute atomic E-state index is 12.7. The molecule has 1 aromatic heterocycles. The summed E-state index contributed by atoms with van der Waals surface area (Å²) in [6.07, 6.45) is 4.69. The number of amides is 1. The van der Waals surface area contributed by atoms with Crippen LogP contribution in [0.25, 0.3) is 11.3 Å². The van der Waals surface area contributed by atoms with Gasteiger partial charge < -0.3 is 14.6 Å². The zero-order valence-electron chi connectivity index (χ0n) is 16.6. The number of carbonyl (C=O) groups is 1. The Bertz CT molecular complexity index is 828. The summed E-state index contributed by atoms with van der Waals surface area (Å²) in [4.78, 5) is 21.8. The number of piperidine rings is 1. The van der Waals surface area contributed by atoms with E-state index in [-0.39, 0.29) is 6.04 Å². The lowest BCUT2D eigenvalue weighted by Crippen LogP contribution is -2.42. The Balaban J connectivity index is 1.18. The SMILES string of the molecule is O=C([C@@H]1C[C@H](N2CCC(c3ncoc3-c3ccccc3)CC2)CN1)N1CCSC1. The van der Waals surface area contributed by atoms with Gasteiger partial charge in [0.1, 0.15) is 0 Å². The fourth-order valence-corrected chi connectivity index (χ4v) is 5.84. The third-order valence-corrected chi connectivity index (χ3v) is 7.50. The first-order chi connectivity index (χ1) is 14.3. The average molecular weight is 413 g/mol. The third kappa shape index (κ3) is 3.96. The van der Waals surface area contributed by atoms with E-state index < -0.39 is 0 Å². The van der Waals surface area contributed by atoms with Gasteiger partial charge in [0.05, 0.1) is 17.6 Å². The Hall–Kier alpha value is -1.83. The third-order valence-electron chi connectivity index (χ3n) is 6.53. The monoisotopic (exact) mass is 412 g/mol. The number of hydrogen-bond donors (Lipinski definition) is 1. The van der Waals surface area contributed by atoms with Crippen molar-refractivity contribution in [1.29, 1.82) is 0 Å². The maximum atomic E-state index is 12.7. The highest BCUT2D eigenvalue weighted by Crippen LogP contribution is 2.35. The quantitative estimate of drug-likeness (QED) is 0.833.